The zero-order valence-corrected chi connectivity index (χ0v) is 22.0. The van der Waals surface area contributed by atoms with Crippen molar-refractivity contribution < 1.29 is 0 Å². The van der Waals surface area contributed by atoms with Gasteiger partial charge in [-0.2, -0.15) is 0 Å². The summed E-state index contributed by atoms with van der Waals surface area (Å²) in [5, 5.41) is 0. The first-order valence-corrected chi connectivity index (χ1v) is 14.2. The van der Waals surface area contributed by atoms with Gasteiger partial charge in [-0.15, -0.1) is 0 Å². The lowest BCUT2D eigenvalue weighted by atomic mass is 9.52. The molecule has 0 radical (unpaired) electrons. The van der Waals surface area contributed by atoms with Crippen molar-refractivity contribution in [1.29, 1.82) is 0 Å². The van der Waals surface area contributed by atoms with Crippen molar-refractivity contribution in [2.75, 3.05) is 0 Å². The maximum Gasteiger partial charge on any atom is -0.00875 e. The molecule has 0 amide bonds. The van der Waals surface area contributed by atoms with Crippen molar-refractivity contribution >= 4 is 0 Å². The average molecular weight is 455 g/mol. The lowest BCUT2D eigenvalue weighted by Gasteiger charge is -2.52. The summed E-state index contributed by atoms with van der Waals surface area (Å²) in [4.78, 5) is 0. The summed E-state index contributed by atoms with van der Waals surface area (Å²) < 4.78 is 0. The molecule has 0 heteroatoms. The van der Waals surface area contributed by atoms with Gasteiger partial charge in [-0.25, -0.2) is 0 Å². The third-order valence-corrected chi connectivity index (χ3v) is 10.2. The van der Waals surface area contributed by atoms with Gasteiger partial charge in [0.05, 0.1) is 0 Å². The molecule has 0 aromatic heterocycles. The predicted octanol–water partition coefficient (Wildman–Crippen LogP) is 9.67. The molecule has 4 aliphatic carbocycles. The summed E-state index contributed by atoms with van der Waals surface area (Å²) in [6.45, 7) is 11.8. The number of rotatable bonds is 0. The minimum absolute atomic E-state index is 0.387. The summed E-state index contributed by atoms with van der Waals surface area (Å²) in [6.07, 6.45) is 24.9. The van der Waals surface area contributed by atoms with Crippen LogP contribution < -0.4 is 0 Å². The van der Waals surface area contributed by atoms with Crippen LogP contribution in [0.4, 0.5) is 0 Å². The van der Waals surface area contributed by atoms with Gasteiger partial charge in [-0.05, 0) is 137 Å². The second-order valence-corrected chi connectivity index (χ2v) is 12.3. The van der Waals surface area contributed by atoms with Crippen LogP contribution in [0.15, 0.2) is 65.8 Å². The van der Waals surface area contributed by atoms with Crippen molar-refractivity contribution in [3.8, 4) is 0 Å². The molecule has 3 bridgehead atoms. The Morgan fingerprint density at radius 1 is 0.882 bits per heavy atom. The molecule has 2 fully saturated rings. The highest BCUT2D eigenvalue weighted by molar-refractivity contribution is 5.40. The normalized spacial score (nSPS) is 38.5. The summed E-state index contributed by atoms with van der Waals surface area (Å²) in [5.41, 5.74) is 10.0. The van der Waals surface area contributed by atoms with Gasteiger partial charge in [0, 0.05) is 0 Å². The standard InChI is InChI=1S/C34H46/c1-24-10-7-5-6-8-13-27-16-18-30-29(22-27)23-28(17-14-25(2)12-9-11-24)33-31(30)20-21-34(4)26(3)15-19-32(33)34/h5-6,11,14,16,18,22,28,31-33H,3,7-10,12-13,15,17,19-21,23H2,1-2,4H3/b6-5-,24-11+,25-14+. The van der Waals surface area contributed by atoms with E-state index in [4.69, 9.17) is 0 Å². The SMILES string of the molecule is C=C1CCC2C3C4C/C=C(\C)CC/C=C(\C)CC/C=C\CCc5ccc(c(c5)C4)C3CCC12C. The molecule has 0 N–H and O–H groups in total. The van der Waals surface area contributed by atoms with Crippen LogP contribution >= 0.6 is 0 Å². The Morgan fingerprint density at radius 3 is 2.50 bits per heavy atom. The molecule has 1 aromatic carbocycles. The zero-order chi connectivity index (χ0) is 23.7. The van der Waals surface area contributed by atoms with E-state index in [1.54, 1.807) is 33.4 Å². The monoisotopic (exact) mass is 454 g/mol. The fourth-order valence-electron chi connectivity index (χ4n) is 8.04. The first-order chi connectivity index (χ1) is 16.5. The van der Waals surface area contributed by atoms with Crippen LogP contribution in [0.3, 0.4) is 0 Å². The van der Waals surface area contributed by atoms with E-state index in [1.807, 2.05) is 0 Å². The first kappa shape index (κ1) is 23.9. The number of fused-ring (bicyclic) bond motifs is 7. The molecule has 0 spiro atoms. The van der Waals surface area contributed by atoms with Crippen molar-refractivity contribution in [3.63, 3.8) is 0 Å². The van der Waals surface area contributed by atoms with Crippen LogP contribution in [-0.2, 0) is 12.8 Å². The topological polar surface area (TPSA) is 0 Å². The third kappa shape index (κ3) is 4.67. The largest absolute Gasteiger partial charge is 0.0993 e. The highest BCUT2D eigenvalue weighted by Crippen LogP contribution is 2.64. The third-order valence-electron chi connectivity index (χ3n) is 10.2. The quantitative estimate of drug-likeness (QED) is 0.342. The van der Waals surface area contributed by atoms with Crippen LogP contribution in [0.2, 0.25) is 0 Å². The lowest BCUT2D eigenvalue weighted by Crippen LogP contribution is -2.44. The molecule has 0 aliphatic heterocycles. The number of benzene rings is 1. The van der Waals surface area contributed by atoms with Gasteiger partial charge in [0.1, 0.15) is 0 Å². The van der Waals surface area contributed by atoms with Crippen molar-refractivity contribution in [2.45, 2.75) is 104 Å². The fraction of sp³-hybridized carbons (Fsp3) is 0.588. The van der Waals surface area contributed by atoms with Crippen LogP contribution in [0.25, 0.3) is 0 Å². The Bertz CT molecular complexity index is 1000. The van der Waals surface area contributed by atoms with Crippen LogP contribution in [-0.4, -0.2) is 0 Å². The van der Waals surface area contributed by atoms with Crippen molar-refractivity contribution in [1.82, 2.24) is 0 Å². The second-order valence-electron chi connectivity index (χ2n) is 12.3. The van der Waals surface area contributed by atoms with E-state index < -0.39 is 0 Å². The molecule has 5 atom stereocenters. The van der Waals surface area contributed by atoms with Gasteiger partial charge in [-0.3, -0.25) is 0 Å². The Balaban J connectivity index is 1.48. The van der Waals surface area contributed by atoms with E-state index in [0.29, 0.717) is 5.41 Å². The van der Waals surface area contributed by atoms with E-state index >= 15 is 0 Å². The van der Waals surface area contributed by atoms with Gasteiger partial charge in [0.2, 0.25) is 0 Å². The van der Waals surface area contributed by atoms with E-state index in [-0.39, 0.29) is 0 Å². The molecule has 34 heavy (non-hydrogen) atoms. The highest BCUT2D eigenvalue weighted by atomic mass is 14.6. The molecule has 2 saturated carbocycles. The molecular weight excluding hydrogens is 408 g/mol. The minimum Gasteiger partial charge on any atom is -0.0993 e. The Kier molecular flexibility index (Phi) is 7.06. The molecular formula is C34H46. The molecule has 5 rings (SSSR count). The van der Waals surface area contributed by atoms with E-state index in [9.17, 15) is 0 Å². The van der Waals surface area contributed by atoms with Gasteiger partial charge in [-0.1, -0.05) is 72.7 Å². The average Bonchev–Trinajstić information content (AvgIpc) is 3.13. The van der Waals surface area contributed by atoms with E-state index in [0.717, 1.165) is 23.7 Å². The number of allylic oxidation sites excluding steroid dienone is 7. The molecule has 4 aliphatic rings. The summed E-state index contributed by atoms with van der Waals surface area (Å²) in [5.74, 6) is 3.21. The number of aryl methyl sites for hydroxylation is 1. The maximum absolute atomic E-state index is 4.57. The van der Waals surface area contributed by atoms with Crippen molar-refractivity contribution in [2.24, 2.45) is 23.2 Å². The minimum atomic E-state index is 0.387. The Labute approximate surface area is 209 Å². The molecule has 182 valence electrons. The highest BCUT2D eigenvalue weighted by Gasteiger charge is 2.54. The van der Waals surface area contributed by atoms with Crippen LogP contribution in [0.1, 0.15) is 108 Å². The van der Waals surface area contributed by atoms with E-state index in [2.05, 4.69) is 69.9 Å². The van der Waals surface area contributed by atoms with Gasteiger partial charge < -0.3 is 0 Å². The van der Waals surface area contributed by atoms with E-state index in [1.165, 1.54) is 77.0 Å². The fourth-order valence-corrected chi connectivity index (χ4v) is 8.04. The van der Waals surface area contributed by atoms with Gasteiger partial charge in [0.25, 0.3) is 0 Å². The van der Waals surface area contributed by atoms with Crippen LogP contribution in [0.5, 0.6) is 0 Å². The molecule has 0 nitrogen and oxygen atoms in total. The molecule has 0 saturated heterocycles. The summed E-state index contributed by atoms with van der Waals surface area (Å²) in [7, 11) is 0. The smallest absolute Gasteiger partial charge is 0.00875 e. The summed E-state index contributed by atoms with van der Waals surface area (Å²) in [6, 6.07) is 7.60. The number of hydrogen-bond donors (Lipinski definition) is 0. The first-order valence-electron chi connectivity index (χ1n) is 14.2. The van der Waals surface area contributed by atoms with Crippen molar-refractivity contribution in [3.05, 3.63) is 82.5 Å². The zero-order valence-electron chi connectivity index (χ0n) is 22.0. The van der Waals surface area contributed by atoms with Gasteiger partial charge in [0.15, 0.2) is 0 Å². The molecule has 1 aromatic rings. The molecule has 5 unspecified atom stereocenters. The predicted molar refractivity (Wildman–Crippen MR) is 147 cm³/mol. The van der Waals surface area contributed by atoms with Gasteiger partial charge >= 0.3 is 0 Å². The summed E-state index contributed by atoms with van der Waals surface area (Å²) >= 11 is 0. The van der Waals surface area contributed by atoms with Crippen LogP contribution in [0, 0.1) is 23.2 Å². The second kappa shape index (κ2) is 10.0. The lowest BCUT2D eigenvalue weighted by molar-refractivity contribution is 0.0439. The Hall–Kier alpha value is -1.82. The molecule has 0 heterocycles. The maximum atomic E-state index is 4.57. The number of hydrogen-bond acceptors (Lipinski definition) is 0. The Morgan fingerprint density at radius 2 is 1.65 bits per heavy atom.